The Hall–Kier alpha value is -1.42. The van der Waals surface area contributed by atoms with E-state index < -0.39 is 0 Å². The van der Waals surface area contributed by atoms with Crippen LogP contribution < -0.4 is 11.1 Å². The van der Waals surface area contributed by atoms with Crippen molar-refractivity contribution in [1.29, 1.82) is 0 Å². The largest absolute Gasteiger partial charge is 0.370 e. The molecule has 1 aliphatic heterocycles. The van der Waals surface area contributed by atoms with Gasteiger partial charge in [-0.2, -0.15) is 0 Å². The van der Waals surface area contributed by atoms with Gasteiger partial charge in [-0.05, 0) is 57.5 Å². The summed E-state index contributed by atoms with van der Waals surface area (Å²) in [7, 11) is 3.85. The van der Waals surface area contributed by atoms with E-state index in [1.165, 1.54) is 6.07 Å². The summed E-state index contributed by atoms with van der Waals surface area (Å²) in [5.41, 5.74) is 7.02. The lowest BCUT2D eigenvalue weighted by Crippen LogP contribution is -2.47. The van der Waals surface area contributed by atoms with Crippen LogP contribution >= 0.6 is 24.0 Å². The molecule has 8 heteroatoms. The highest BCUT2D eigenvalue weighted by atomic mass is 127. The van der Waals surface area contributed by atoms with Gasteiger partial charge in [0.25, 0.3) is 0 Å². The normalized spacial score (nSPS) is 17.4. The number of benzene rings is 1. The fraction of sp³-hybridized carbons (Fsp3) is 0.600. The van der Waals surface area contributed by atoms with Gasteiger partial charge in [-0.15, -0.1) is 24.0 Å². The molecule has 1 aromatic carbocycles. The lowest BCUT2D eigenvalue weighted by molar-refractivity contribution is -0.119. The van der Waals surface area contributed by atoms with Crippen molar-refractivity contribution in [2.45, 2.75) is 39.3 Å². The molecule has 1 aliphatic rings. The van der Waals surface area contributed by atoms with Crippen molar-refractivity contribution >= 4 is 35.8 Å². The third kappa shape index (κ3) is 7.90. The summed E-state index contributed by atoms with van der Waals surface area (Å²) < 4.78 is 14.0. The SMILES string of the molecule is CCNC(=NCc1ccc(F)c(CN(C)C)c1)N1CCCC(CC(N)=O)C1.I. The number of nitrogens with zero attached hydrogens (tertiary/aromatic N) is 3. The number of aliphatic imine (C=N–C) groups is 1. The zero-order valence-electron chi connectivity index (χ0n) is 17.1. The lowest BCUT2D eigenvalue weighted by atomic mass is 9.95. The number of primary amides is 1. The van der Waals surface area contributed by atoms with E-state index in [9.17, 15) is 9.18 Å². The molecule has 1 aromatic rings. The molecule has 1 atom stereocenters. The van der Waals surface area contributed by atoms with Gasteiger partial charge in [0.1, 0.15) is 5.82 Å². The quantitative estimate of drug-likeness (QED) is 0.340. The maximum Gasteiger partial charge on any atom is 0.217 e. The molecule has 1 amide bonds. The van der Waals surface area contributed by atoms with Crippen molar-refractivity contribution < 1.29 is 9.18 Å². The monoisotopic (exact) mass is 505 g/mol. The van der Waals surface area contributed by atoms with Gasteiger partial charge < -0.3 is 20.9 Å². The molecule has 0 spiro atoms. The van der Waals surface area contributed by atoms with E-state index in [4.69, 9.17) is 10.7 Å². The standard InChI is InChI=1S/C20H32FN5O.HI/c1-4-23-20(26-9-5-6-16(13-26)11-19(22)27)24-12-15-7-8-18(21)17(10-15)14-25(2)3;/h7-8,10,16H,4-6,9,11-14H2,1-3H3,(H2,22,27)(H,23,24);1H. The maximum atomic E-state index is 14.0. The topological polar surface area (TPSA) is 74.0 Å². The van der Waals surface area contributed by atoms with Crippen molar-refractivity contribution in [2.24, 2.45) is 16.6 Å². The van der Waals surface area contributed by atoms with Gasteiger partial charge in [0.15, 0.2) is 5.96 Å². The minimum absolute atomic E-state index is 0. The third-order valence-corrected chi connectivity index (χ3v) is 4.65. The molecule has 2 rings (SSSR count). The van der Waals surface area contributed by atoms with Crippen LogP contribution in [0.1, 0.15) is 37.3 Å². The number of amides is 1. The van der Waals surface area contributed by atoms with Crippen LogP contribution in [0.5, 0.6) is 0 Å². The van der Waals surface area contributed by atoms with Gasteiger partial charge in [-0.25, -0.2) is 9.38 Å². The summed E-state index contributed by atoms with van der Waals surface area (Å²) >= 11 is 0. The fourth-order valence-electron chi connectivity index (χ4n) is 3.49. The Morgan fingerprint density at radius 3 is 2.82 bits per heavy atom. The number of carbonyl (C=O) groups excluding carboxylic acids is 1. The van der Waals surface area contributed by atoms with E-state index in [0.29, 0.717) is 25.1 Å². The molecular formula is C20H33FIN5O. The Labute approximate surface area is 184 Å². The van der Waals surface area contributed by atoms with Gasteiger partial charge in [-0.3, -0.25) is 4.79 Å². The molecule has 1 unspecified atom stereocenters. The first-order valence-corrected chi connectivity index (χ1v) is 9.62. The Bertz CT molecular complexity index is 668. The zero-order valence-corrected chi connectivity index (χ0v) is 19.4. The number of carbonyl (C=O) groups is 1. The molecule has 3 N–H and O–H groups in total. The van der Waals surface area contributed by atoms with Crippen LogP contribution in [0.3, 0.4) is 0 Å². The van der Waals surface area contributed by atoms with Gasteiger partial charge in [0.05, 0.1) is 6.54 Å². The summed E-state index contributed by atoms with van der Waals surface area (Å²) in [6, 6.07) is 5.18. The number of rotatable bonds is 7. The van der Waals surface area contributed by atoms with Gasteiger partial charge in [0, 0.05) is 38.2 Å². The van der Waals surface area contributed by atoms with Crippen molar-refractivity contribution in [3.8, 4) is 0 Å². The van der Waals surface area contributed by atoms with E-state index in [0.717, 1.165) is 44.0 Å². The van der Waals surface area contributed by atoms with Crippen LogP contribution in [0.15, 0.2) is 23.2 Å². The second-order valence-electron chi connectivity index (χ2n) is 7.46. The number of hydrogen-bond donors (Lipinski definition) is 2. The summed E-state index contributed by atoms with van der Waals surface area (Å²) in [4.78, 5) is 20.1. The summed E-state index contributed by atoms with van der Waals surface area (Å²) in [5.74, 6) is 0.681. The molecule has 1 heterocycles. The van der Waals surface area contributed by atoms with E-state index in [1.807, 2.05) is 32.0 Å². The highest BCUT2D eigenvalue weighted by molar-refractivity contribution is 14.0. The maximum absolute atomic E-state index is 14.0. The average molecular weight is 505 g/mol. The van der Waals surface area contributed by atoms with Crippen LogP contribution in [-0.4, -0.2) is 55.4 Å². The first kappa shape index (κ1) is 24.6. The highest BCUT2D eigenvalue weighted by Gasteiger charge is 2.23. The summed E-state index contributed by atoms with van der Waals surface area (Å²) in [5, 5.41) is 3.33. The van der Waals surface area contributed by atoms with Gasteiger partial charge in [0.2, 0.25) is 5.91 Å². The minimum atomic E-state index is -0.247. The molecule has 1 saturated heterocycles. The van der Waals surface area contributed by atoms with Crippen LogP contribution in [0.25, 0.3) is 0 Å². The molecule has 0 aliphatic carbocycles. The van der Waals surface area contributed by atoms with Crippen molar-refractivity contribution in [3.63, 3.8) is 0 Å². The van der Waals surface area contributed by atoms with E-state index in [2.05, 4.69) is 10.2 Å². The molecule has 6 nitrogen and oxygen atoms in total. The first-order chi connectivity index (χ1) is 12.9. The second kappa shape index (κ2) is 12.2. The number of likely N-dealkylation sites (tertiary alicyclic amines) is 1. The lowest BCUT2D eigenvalue weighted by Gasteiger charge is -2.34. The Morgan fingerprint density at radius 1 is 1.43 bits per heavy atom. The van der Waals surface area contributed by atoms with Gasteiger partial charge >= 0.3 is 0 Å². The predicted molar refractivity (Wildman–Crippen MR) is 122 cm³/mol. The van der Waals surface area contributed by atoms with Crippen LogP contribution in [0.2, 0.25) is 0 Å². The summed E-state index contributed by atoms with van der Waals surface area (Å²) in [6.07, 6.45) is 2.46. The Morgan fingerprint density at radius 2 is 2.18 bits per heavy atom. The van der Waals surface area contributed by atoms with Crippen molar-refractivity contribution in [3.05, 3.63) is 35.1 Å². The molecule has 0 saturated carbocycles. The first-order valence-electron chi connectivity index (χ1n) is 9.62. The molecule has 0 radical (unpaired) electrons. The van der Waals surface area contributed by atoms with Crippen LogP contribution in [-0.2, 0) is 17.9 Å². The zero-order chi connectivity index (χ0) is 19.8. The number of nitrogens with one attached hydrogen (secondary N) is 1. The Kier molecular flexibility index (Phi) is 10.7. The molecule has 1 fully saturated rings. The number of hydrogen-bond acceptors (Lipinski definition) is 3. The van der Waals surface area contributed by atoms with Crippen LogP contribution in [0, 0.1) is 11.7 Å². The predicted octanol–water partition coefficient (Wildman–Crippen LogP) is 2.56. The van der Waals surface area contributed by atoms with Crippen molar-refractivity contribution in [1.82, 2.24) is 15.1 Å². The molecule has 0 bridgehead atoms. The average Bonchev–Trinajstić information content (AvgIpc) is 2.60. The molecule has 158 valence electrons. The number of piperidine rings is 1. The van der Waals surface area contributed by atoms with E-state index >= 15 is 0 Å². The van der Waals surface area contributed by atoms with E-state index in [-0.39, 0.29) is 41.6 Å². The summed E-state index contributed by atoms with van der Waals surface area (Å²) in [6.45, 7) is 5.55. The minimum Gasteiger partial charge on any atom is -0.370 e. The smallest absolute Gasteiger partial charge is 0.217 e. The molecule has 28 heavy (non-hydrogen) atoms. The van der Waals surface area contributed by atoms with Crippen molar-refractivity contribution in [2.75, 3.05) is 33.7 Å². The number of guanidine groups is 1. The van der Waals surface area contributed by atoms with E-state index in [1.54, 1.807) is 6.07 Å². The number of nitrogens with two attached hydrogens (primary N) is 1. The van der Waals surface area contributed by atoms with Crippen LogP contribution in [0.4, 0.5) is 4.39 Å². The second-order valence-corrected chi connectivity index (χ2v) is 7.46. The fourth-order valence-corrected chi connectivity index (χ4v) is 3.49. The molecule has 0 aromatic heterocycles. The highest BCUT2D eigenvalue weighted by Crippen LogP contribution is 2.20. The van der Waals surface area contributed by atoms with Gasteiger partial charge in [-0.1, -0.05) is 6.07 Å². The third-order valence-electron chi connectivity index (χ3n) is 4.65. The number of halogens is 2. The Balaban J connectivity index is 0.00000392. The molecular weight excluding hydrogens is 472 g/mol.